The Morgan fingerprint density at radius 1 is 1.15 bits per heavy atom. The van der Waals surface area contributed by atoms with Gasteiger partial charge in [0.1, 0.15) is 5.82 Å². The highest BCUT2D eigenvalue weighted by molar-refractivity contribution is 6.31. The molecule has 0 heterocycles. The molecule has 0 unspecified atom stereocenters. The predicted molar refractivity (Wildman–Crippen MR) is 77.7 cm³/mol. The highest BCUT2D eigenvalue weighted by Crippen LogP contribution is 2.18. The average Bonchev–Trinajstić information content (AvgIpc) is 2.44. The van der Waals surface area contributed by atoms with Gasteiger partial charge in [-0.05, 0) is 36.9 Å². The summed E-state index contributed by atoms with van der Waals surface area (Å²) in [5.41, 5.74) is 1.97. The normalized spacial score (nSPS) is 10.6. The van der Waals surface area contributed by atoms with Crippen LogP contribution in [0.1, 0.15) is 16.7 Å². The Morgan fingerprint density at radius 2 is 1.85 bits per heavy atom. The lowest BCUT2D eigenvalue weighted by Crippen LogP contribution is -2.18. The van der Waals surface area contributed by atoms with Crippen molar-refractivity contribution in [1.29, 1.82) is 5.26 Å². The zero-order valence-electron chi connectivity index (χ0n) is 11.1. The second-order valence-corrected chi connectivity index (χ2v) is 5.09. The van der Waals surface area contributed by atoms with Crippen LogP contribution in [0.3, 0.4) is 0 Å². The van der Waals surface area contributed by atoms with E-state index in [9.17, 15) is 4.39 Å². The molecule has 0 atom stereocenters. The molecule has 0 aliphatic heterocycles. The number of hydrogen-bond acceptors (Lipinski definition) is 2. The molecule has 0 saturated heterocycles. The van der Waals surface area contributed by atoms with Crippen molar-refractivity contribution >= 4 is 11.6 Å². The van der Waals surface area contributed by atoms with E-state index in [1.165, 1.54) is 12.1 Å². The summed E-state index contributed by atoms with van der Waals surface area (Å²) in [5, 5.41) is 9.55. The van der Waals surface area contributed by atoms with Gasteiger partial charge in [-0.25, -0.2) is 4.39 Å². The third-order valence-corrected chi connectivity index (χ3v) is 3.38. The summed E-state index contributed by atoms with van der Waals surface area (Å²) < 4.78 is 13.7. The highest BCUT2D eigenvalue weighted by Gasteiger charge is 2.09. The van der Waals surface area contributed by atoms with Crippen LogP contribution in [0.15, 0.2) is 42.5 Å². The van der Waals surface area contributed by atoms with Crippen molar-refractivity contribution in [1.82, 2.24) is 4.90 Å². The van der Waals surface area contributed by atoms with E-state index in [-0.39, 0.29) is 5.82 Å². The minimum atomic E-state index is -0.296. The molecule has 2 aromatic rings. The lowest BCUT2D eigenvalue weighted by atomic mass is 10.1. The largest absolute Gasteiger partial charge is 0.298 e. The first-order valence-electron chi connectivity index (χ1n) is 6.20. The van der Waals surface area contributed by atoms with Gasteiger partial charge in [0.05, 0.1) is 11.6 Å². The maximum Gasteiger partial charge on any atom is 0.127 e. The van der Waals surface area contributed by atoms with Gasteiger partial charge in [0.15, 0.2) is 0 Å². The summed E-state index contributed by atoms with van der Waals surface area (Å²) in [6.45, 7) is 1.04. The van der Waals surface area contributed by atoms with E-state index in [0.29, 0.717) is 29.2 Å². The summed E-state index contributed by atoms with van der Waals surface area (Å²) in [7, 11) is 1.89. The van der Waals surface area contributed by atoms with Crippen LogP contribution in [0.4, 0.5) is 4.39 Å². The van der Waals surface area contributed by atoms with E-state index in [0.717, 1.165) is 5.56 Å². The Bertz CT molecular complexity index is 649. The molecule has 0 radical (unpaired) electrons. The zero-order valence-corrected chi connectivity index (χ0v) is 11.9. The van der Waals surface area contributed by atoms with E-state index in [4.69, 9.17) is 16.9 Å². The fraction of sp³-hybridized carbons (Fsp3) is 0.188. The molecular formula is C16H14ClFN2. The van der Waals surface area contributed by atoms with Gasteiger partial charge < -0.3 is 0 Å². The number of halogens is 2. The van der Waals surface area contributed by atoms with Crippen LogP contribution >= 0.6 is 11.6 Å². The van der Waals surface area contributed by atoms with Crippen LogP contribution in [0.5, 0.6) is 0 Å². The fourth-order valence-electron chi connectivity index (χ4n) is 2.03. The first-order valence-corrected chi connectivity index (χ1v) is 6.58. The Morgan fingerprint density at radius 3 is 2.55 bits per heavy atom. The Hall–Kier alpha value is -1.89. The first kappa shape index (κ1) is 14.5. The summed E-state index contributed by atoms with van der Waals surface area (Å²) in [5.74, 6) is -0.296. The molecule has 2 aromatic carbocycles. The van der Waals surface area contributed by atoms with Gasteiger partial charge in [0.25, 0.3) is 0 Å². The van der Waals surface area contributed by atoms with Gasteiger partial charge in [0.2, 0.25) is 0 Å². The molecule has 0 bridgehead atoms. The van der Waals surface area contributed by atoms with Crippen molar-refractivity contribution < 1.29 is 4.39 Å². The molecule has 2 rings (SSSR count). The summed E-state index contributed by atoms with van der Waals surface area (Å²) >= 11 is 6.11. The molecule has 0 saturated carbocycles. The molecule has 0 fully saturated rings. The third kappa shape index (κ3) is 3.57. The zero-order chi connectivity index (χ0) is 14.5. The van der Waals surface area contributed by atoms with Gasteiger partial charge in [-0.3, -0.25) is 4.90 Å². The predicted octanol–water partition coefficient (Wildman–Crippen LogP) is 3.98. The van der Waals surface area contributed by atoms with Crippen LogP contribution in [0.25, 0.3) is 0 Å². The van der Waals surface area contributed by atoms with E-state index >= 15 is 0 Å². The van der Waals surface area contributed by atoms with E-state index in [2.05, 4.69) is 0 Å². The maximum atomic E-state index is 13.7. The van der Waals surface area contributed by atoms with Crippen LogP contribution in [0.2, 0.25) is 5.02 Å². The van der Waals surface area contributed by atoms with E-state index in [1.54, 1.807) is 6.07 Å². The van der Waals surface area contributed by atoms with Gasteiger partial charge in [-0.2, -0.15) is 5.26 Å². The summed E-state index contributed by atoms with van der Waals surface area (Å²) in [6.07, 6.45) is 0. The van der Waals surface area contributed by atoms with Gasteiger partial charge in [-0.1, -0.05) is 29.8 Å². The number of rotatable bonds is 4. The molecule has 0 spiro atoms. The summed E-state index contributed by atoms with van der Waals surface area (Å²) in [6, 6.07) is 14.0. The summed E-state index contributed by atoms with van der Waals surface area (Å²) in [4.78, 5) is 1.96. The SMILES string of the molecule is CN(Cc1cc(C#N)ccc1F)Cc1ccccc1Cl. The van der Waals surface area contributed by atoms with Crippen molar-refractivity contribution in [2.75, 3.05) is 7.05 Å². The van der Waals surface area contributed by atoms with Gasteiger partial charge in [0, 0.05) is 23.7 Å². The molecule has 0 N–H and O–H groups in total. The standard InChI is InChI=1S/C16H14ClFN2/c1-20(10-13-4-2-3-5-15(13)17)11-14-8-12(9-19)6-7-16(14)18/h2-8H,10-11H2,1H3. The minimum Gasteiger partial charge on any atom is -0.298 e. The number of nitrogens with zero attached hydrogens (tertiary/aromatic N) is 2. The lowest BCUT2D eigenvalue weighted by molar-refractivity contribution is 0.313. The average molecular weight is 289 g/mol. The molecular weight excluding hydrogens is 275 g/mol. The van der Waals surface area contributed by atoms with Crippen LogP contribution in [-0.4, -0.2) is 11.9 Å². The number of nitriles is 1. The van der Waals surface area contributed by atoms with E-state index in [1.807, 2.05) is 42.3 Å². The quantitative estimate of drug-likeness (QED) is 0.851. The van der Waals surface area contributed by atoms with E-state index < -0.39 is 0 Å². The minimum absolute atomic E-state index is 0.296. The molecule has 2 nitrogen and oxygen atoms in total. The second kappa shape index (κ2) is 6.51. The van der Waals surface area contributed by atoms with Crippen molar-refractivity contribution in [2.45, 2.75) is 13.1 Å². The molecule has 0 aliphatic carbocycles. The first-order chi connectivity index (χ1) is 9.60. The highest BCUT2D eigenvalue weighted by atomic mass is 35.5. The Balaban J connectivity index is 2.11. The van der Waals surface area contributed by atoms with Crippen molar-refractivity contribution in [3.63, 3.8) is 0 Å². The molecule has 102 valence electrons. The Kier molecular flexibility index (Phi) is 4.73. The van der Waals surface area contributed by atoms with Crippen LogP contribution in [0, 0.1) is 17.1 Å². The molecule has 4 heteroatoms. The molecule has 0 aliphatic rings. The smallest absolute Gasteiger partial charge is 0.127 e. The topological polar surface area (TPSA) is 27.0 Å². The number of hydrogen-bond donors (Lipinski definition) is 0. The van der Waals surface area contributed by atoms with Gasteiger partial charge >= 0.3 is 0 Å². The van der Waals surface area contributed by atoms with Crippen LogP contribution < -0.4 is 0 Å². The van der Waals surface area contributed by atoms with Crippen LogP contribution in [-0.2, 0) is 13.1 Å². The Labute approximate surface area is 123 Å². The molecule has 0 aromatic heterocycles. The van der Waals surface area contributed by atoms with Crippen molar-refractivity contribution in [2.24, 2.45) is 0 Å². The monoisotopic (exact) mass is 288 g/mol. The third-order valence-electron chi connectivity index (χ3n) is 3.01. The van der Waals surface area contributed by atoms with Gasteiger partial charge in [-0.15, -0.1) is 0 Å². The fourth-order valence-corrected chi connectivity index (χ4v) is 2.23. The van der Waals surface area contributed by atoms with Crippen molar-refractivity contribution in [3.8, 4) is 6.07 Å². The molecule has 20 heavy (non-hydrogen) atoms. The number of benzene rings is 2. The van der Waals surface area contributed by atoms with Crippen molar-refractivity contribution in [3.05, 3.63) is 70.0 Å². The molecule has 0 amide bonds. The second-order valence-electron chi connectivity index (χ2n) is 4.68. The lowest BCUT2D eigenvalue weighted by Gasteiger charge is -2.18. The maximum absolute atomic E-state index is 13.7.